The second-order valence-electron chi connectivity index (χ2n) is 7.55. The highest BCUT2D eigenvalue weighted by Gasteiger charge is 2.23. The second kappa shape index (κ2) is 11.3. The van der Waals surface area contributed by atoms with E-state index < -0.39 is 0 Å². The monoisotopic (exact) mass is 441 g/mol. The van der Waals surface area contributed by atoms with Gasteiger partial charge in [0.25, 0.3) is 0 Å². The number of hydrogen-bond donors (Lipinski definition) is 0. The third-order valence-corrected chi connectivity index (χ3v) is 5.20. The standard InChI is InChI=1S/C24H28FN3O4/c1-26-11-3-5-21(26)16-28(17-22-6-4-13-32-22)24(30)18-27(12-14-31-2)23(29)15-19-7-9-20(25)10-8-19/h3-11,13H,12,14-18H2,1-2H3. The fourth-order valence-electron chi connectivity index (χ4n) is 3.32. The first-order valence-electron chi connectivity index (χ1n) is 10.4. The van der Waals surface area contributed by atoms with Gasteiger partial charge in [-0.1, -0.05) is 12.1 Å². The van der Waals surface area contributed by atoms with Gasteiger partial charge < -0.3 is 23.5 Å². The van der Waals surface area contributed by atoms with Crippen LogP contribution in [0, 0.1) is 5.82 Å². The maximum Gasteiger partial charge on any atom is 0.242 e. The number of methoxy groups -OCH3 is 1. The van der Waals surface area contributed by atoms with Crippen LogP contribution in [-0.2, 0) is 40.9 Å². The molecular formula is C24H28FN3O4. The molecule has 7 nitrogen and oxygen atoms in total. The molecule has 0 spiro atoms. The van der Waals surface area contributed by atoms with Crippen LogP contribution in [0.4, 0.5) is 4.39 Å². The predicted octanol–water partition coefficient (Wildman–Crippen LogP) is 3.00. The Morgan fingerprint density at radius 2 is 1.81 bits per heavy atom. The lowest BCUT2D eigenvalue weighted by Gasteiger charge is -2.27. The number of carbonyl (C=O) groups excluding carboxylic acids is 2. The van der Waals surface area contributed by atoms with Crippen molar-refractivity contribution in [3.05, 3.63) is 83.8 Å². The van der Waals surface area contributed by atoms with Crippen molar-refractivity contribution in [3.63, 3.8) is 0 Å². The summed E-state index contributed by atoms with van der Waals surface area (Å²) in [7, 11) is 3.46. The lowest BCUT2D eigenvalue weighted by Crippen LogP contribution is -2.44. The largest absolute Gasteiger partial charge is 0.467 e. The molecule has 2 amide bonds. The average molecular weight is 442 g/mol. The summed E-state index contributed by atoms with van der Waals surface area (Å²) >= 11 is 0. The summed E-state index contributed by atoms with van der Waals surface area (Å²) in [4.78, 5) is 29.4. The van der Waals surface area contributed by atoms with E-state index in [0.717, 1.165) is 5.69 Å². The number of amides is 2. The first-order valence-corrected chi connectivity index (χ1v) is 10.4. The molecule has 0 radical (unpaired) electrons. The molecule has 0 saturated heterocycles. The van der Waals surface area contributed by atoms with E-state index in [9.17, 15) is 14.0 Å². The second-order valence-corrected chi connectivity index (χ2v) is 7.55. The SMILES string of the molecule is COCCN(CC(=O)N(Cc1ccco1)Cc1cccn1C)C(=O)Cc1ccc(F)cc1. The molecule has 0 saturated carbocycles. The molecule has 3 aromatic rings. The van der Waals surface area contributed by atoms with Gasteiger partial charge in [0.15, 0.2) is 0 Å². The fourth-order valence-corrected chi connectivity index (χ4v) is 3.32. The molecule has 0 unspecified atom stereocenters. The van der Waals surface area contributed by atoms with Crippen molar-refractivity contribution in [3.8, 4) is 0 Å². The number of aryl methyl sites for hydroxylation is 1. The average Bonchev–Trinajstić information content (AvgIpc) is 3.44. The smallest absolute Gasteiger partial charge is 0.242 e. The van der Waals surface area contributed by atoms with Gasteiger partial charge in [-0.2, -0.15) is 0 Å². The zero-order chi connectivity index (χ0) is 22.9. The molecule has 0 bridgehead atoms. The van der Waals surface area contributed by atoms with E-state index >= 15 is 0 Å². The molecule has 3 rings (SSSR count). The molecule has 32 heavy (non-hydrogen) atoms. The van der Waals surface area contributed by atoms with Crippen molar-refractivity contribution < 1.29 is 23.1 Å². The van der Waals surface area contributed by atoms with E-state index in [4.69, 9.17) is 9.15 Å². The quantitative estimate of drug-likeness (QED) is 0.459. The van der Waals surface area contributed by atoms with Crippen LogP contribution in [0.1, 0.15) is 17.0 Å². The lowest BCUT2D eigenvalue weighted by molar-refractivity contribution is -0.141. The van der Waals surface area contributed by atoms with Gasteiger partial charge in [-0.25, -0.2) is 4.39 Å². The third-order valence-electron chi connectivity index (χ3n) is 5.20. The topological polar surface area (TPSA) is 67.9 Å². The number of halogens is 1. The van der Waals surface area contributed by atoms with E-state index in [1.807, 2.05) is 36.0 Å². The van der Waals surface area contributed by atoms with Crippen LogP contribution in [0.25, 0.3) is 0 Å². The Hall–Kier alpha value is -3.39. The molecule has 0 aliphatic heterocycles. The highest BCUT2D eigenvalue weighted by molar-refractivity contribution is 5.86. The van der Waals surface area contributed by atoms with Crippen LogP contribution < -0.4 is 0 Å². The number of hydrogen-bond acceptors (Lipinski definition) is 4. The van der Waals surface area contributed by atoms with E-state index in [1.54, 1.807) is 36.5 Å². The molecule has 1 aromatic carbocycles. The van der Waals surface area contributed by atoms with Crippen LogP contribution in [-0.4, -0.2) is 53.0 Å². The molecule has 0 fully saturated rings. The Bertz CT molecular complexity index is 999. The van der Waals surface area contributed by atoms with E-state index in [1.165, 1.54) is 17.0 Å². The van der Waals surface area contributed by atoms with Gasteiger partial charge in [0, 0.05) is 32.6 Å². The summed E-state index contributed by atoms with van der Waals surface area (Å²) < 4.78 is 25.7. The molecule has 0 N–H and O–H groups in total. The Morgan fingerprint density at radius 1 is 1.03 bits per heavy atom. The van der Waals surface area contributed by atoms with Crippen molar-refractivity contribution in [2.24, 2.45) is 7.05 Å². The zero-order valence-corrected chi connectivity index (χ0v) is 18.4. The maximum absolute atomic E-state index is 13.3. The maximum atomic E-state index is 13.3. The van der Waals surface area contributed by atoms with Crippen LogP contribution in [0.5, 0.6) is 0 Å². The minimum atomic E-state index is -0.359. The van der Waals surface area contributed by atoms with Crippen molar-refractivity contribution in [2.75, 3.05) is 26.8 Å². The van der Waals surface area contributed by atoms with Crippen molar-refractivity contribution in [2.45, 2.75) is 19.5 Å². The van der Waals surface area contributed by atoms with Crippen LogP contribution in [0.3, 0.4) is 0 Å². The summed E-state index contributed by atoms with van der Waals surface area (Å²) in [5.74, 6) is -0.125. The molecular weight excluding hydrogens is 413 g/mol. The van der Waals surface area contributed by atoms with Gasteiger partial charge in [-0.3, -0.25) is 9.59 Å². The van der Waals surface area contributed by atoms with E-state index in [0.29, 0.717) is 31.0 Å². The number of nitrogens with zero attached hydrogens (tertiary/aromatic N) is 3. The van der Waals surface area contributed by atoms with Gasteiger partial charge in [0.1, 0.15) is 11.6 Å². The minimum Gasteiger partial charge on any atom is -0.467 e. The van der Waals surface area contributed by atoms with Gasteiger partial charge >= 0.3 is 0 Å². The van der Waals surface area contributed by atoms with Gasteiger partial charge in [0.05, 0.1) is 38.9 Å². The summed E-state index contributed by atoms with van der Waals surface area (Å²) in [5.41, 5.74) is 1.65. The summed E-state index contributed by atoms with van der Waals surface area (Å²) in [6.45, 7) is 1.17. The number of benzene rings is 1. The highest BCUT2D eigenvalue weighted by Crippen LogP contribution is 2.13. The molecule has 0 aliphatic rings. The van der Waals surface area contributed by atoms with Crippen LogP contribution in [0.15, 0.2) is 65.4 Å². The Labute approximate surface area is 187 Å². The number of ether oxygens (including phenoxy) is 1. The van der Waals surface area contributed by atoms with Crippen molar-refractivity contribution in [1.29, 1.82) is 0 Å². The molecule has 8 heteroatoms. The number of carbonyl (C=O) groups is 2. The minimum absolute atomic E-state index is 0.0767. The Balaban J connectivity index is 1.73. The zero-order valence-electron chi connectivity index (χ0n) is 18.4. The fraction of sp³-hybridized carbons (Fsp3) is 0.333. The Kier molecular flexibility index (Phi) is 8.21. The van der Waals surface area contributed by atoms with E-state index in [2.05, 4.69) is 0 Å². The van der Waals surface area contributed by atoms with Crippen molar-refractivity contribution >= 4 is 11.8 Å². The first kappa shape index (κ1) is 23.3. The number of furan rings is 1. The molecule has 2 aromatic heterocycles. The number of aromatic nitrogens is 1. The summed E-state index contributed by atoms with van der Waals surface area (Å²) in [5, 5.41) is 0. The van der Waals surface area contributed by atoms with Crippen molar-refractivity contribution in [1.82, 2.24) is 14.4 Å². The number of rotatable bonds is 11. The van der Waals surface area contributed by atoms with Gasteiger partial charge in [-0.15, -0.1) is 0 Å². The van der Waals surface area contributed by atoms with E-state index in [-0.39, 0.29) is 37.1 Å². The lowest BCUT2D eigenvalue weighted by atomic mass is 10.1. The normalized spacial score (nSPS) is 10.8. The summed E-state index contributed by atoms with van der Waals surface area (Å²) in [6, 6.07) is 13.2. The highest BCUT2D eigenvalue weighted by atomic mass is 19.1. The molecule has 170 valence electrons. The Morgan fingerprint density at radius 3 is 2.44 bits per heavy atom. The molecule has 2 heterocycles. The van der Waals surface area contributed by atoms with Crippen LogP contribution in [0.2, 0.25) is 0 Å². The molecule has 0 atom stereocenters. The van der Waals surface area contributed by atoms with Crippen LogP contribution >= 0.6 is 0 Å². The first-order chi connectivity index (χ1) is 15.5. The van der Waals surface area contributed by atoms with Gasteiger partial charge in [0.2, 0.25) is 11.8 Å². The summed E-state index contributed by atoms with van der Waals surface area (Å²) in [6.07, 6.45) is 3.56. The third kappa shape index (κ3) is 6.55. The van der Waals surface area contributed by atoms with Gasteiger partial charge in [-0.05, 0) is 42.0 Å². The predicted molar refractivity (Wildman–Crippen MR) is 117 cm³/mol. The molecule has 0 aliphatic carbocycles.